The molecule has 3 aromatic rings. The summed E-state index contributed by atoms with van der Waals surface area (Å²) in [6, 6.07) is 17.7. The van der Waals surface area contributed by atoms with E-state index in [9.17, 15) is 4.79 Å². The normalized spacial score (nSPS) is 18.5. The molecule has 2 heterocycles. The van der Waals surface area contributed by atoms with Crippen molar-refractivity contribution in [1.29, 1.82) is 0 Å². The largest absolute Gasteiger partial charge is 0.347 e. The van der Waals surface area contributed by atoms with Crippen molar-refractivity contribution in [2.75, 3.05) is 13.1 Å². The second-order valence-electron chi connectivity index (χ2n) is 11.6. The van der Waals surface area contributed by atoms with Crippen LogP contribution in [0, 0.1) is 18.8 Å². The van der Waals surface area contributed by atoms with Gasteiger partial charge in [-0.15, -0.1) is 0 Å². The minimum absolute atomic E-state index is 0.119. The maximum Gasteiger partial charge on any atom is 0.133 e. The van der Waals surface area contributed by atoms with Gasteiger partial charge in [0.25, 0.3) is 0 Å². The first-order valence-electron chi connectivity index (χ1n) is 14.5. The van der Waals surface area contributed by atoms with Crippen LogP contribution in [0.25, 0.3) is 10.9 Å². The third-order valence-electron chi connectivity index (χ3n) is 8.78. The van der Waals surface area contributed by atoms with Gasteiger partial charge in [0.1, 0.15) is 5.78 Å². The number of carbonyl (C=O) groups is 1. The third-order valence-corrected chi connectivity index (χ3v) is 8.78. The number of benzene rings is 2. The number of fused-ring (bicyclic) bond motifs is 1. The number of nitrogens with zero attached hydrogens (tertiary/aromatic N) is 1. The van der Waals surface area contributed by atoms with Crippen molar-refractivity contribution < 1.29 is 4.79 Å². The summed E-state index contributed by atoms with van der Waals surface area (Å²) in [6.45, 7) is 5.54. The van der Waals surface area contributed by atoms with Crippen molar-refractivity contribution in [2.24, 2.45) is 11.8 Å². The number of hydrogen-bond donors (Lipinski definition) is 1. The predicted molar refractivity (Wildman–Crippen MR) is 151 cm³/mol. The van der Waals surface area contributed by atoms with Crippen LogP contribution in [-0.2, 0) is 11.3 Å². The lowest BCUT2D eigenvalue weighted by Gasteiger charge is -2.23. The number of nitrogens with one attached hydrogen (secondary N) is 1. The summed E-state index contributed by atoms with van der Waals surface area (Å²) in [5, 5.41) is 4.78. The van der Waals surface area contributed by atoms with Crippen molar-refractivity contribution in [1.82, 2.24) is 9.88 Å². The highest BCUT2D eigenvalue weighted by atomic mass is 16.1. The van der Waals surface area contributed by atoms with Crippen LogP contribution in [0.1, 0.15) is 93.2 Å². The Morgan fingerprint density at radius 3 is 2.58 bits per heavy atom. The molecule has 2 aliphatic rings. The van der Waals surface area contributed by atoms with Crippen molar-refractivity contribution in [2.45, 2.75) is 90.0 Å². The zero-order valence-corrected chi connectivity index (χ0v) is 22.2. The fraction of sp³-hybridized carbons (Fsp3) is 0.545. The molecule has 3 heteroatoms. The Kier molecular flexibility index (Phi) is 8.59. The Bertz CT molecular complexity index is 1130. The number of carbonyl (C=O) groups excluding carboxylic acids is 1. The van der Waals surface area contributed by atoms with Crippen LogP contribution >= 0.6 is 0 Å². The van der Waals surface area contributed by atoms with E-state index in [1.165, 1.54) is 79.0 Å². The molecule has 1 aliphatic heterocycles. The van der Waals surface area contributed by atoms with E-state index in [-0.39, 0.29) is 5.92 Å². The van der Waals surface area contributed by atoms with Crippen molar-refractivity contribution >= 4 is 16.7 Å². The molecule has 0 radical (unpaired) electrons. The maximum absolute atomic E-state index is 13.4. The van der Waals surface area contributed by atoms with E-state index >= 15 is 0 Å². The van der Waals surface area contributed by atoms with Gasteiger partial charge in [0, 0.05) is 42.4 Å². The third kappa shape index (κ3) is 6.29. The minimum Gasteiger partial charge on any atom is -0.347 e. The Morgan fingerprint density at radius 2 is 1.78 bits per heavy atom. The first-order chi connectivity index (χ1) is 17.7. The summed E-state index contributed by atoms with van der Waals surface area (Å²) in [5.41, 5.74) is 5.21. The number of ketones is 1. The van der Waals surface area contributed by atoms with E-state index in [0.29, 0.717) is 18.6 Å². The lowest BCUT2D eigenvalue weighted by Crippen LogP contribution is -2.27. The molecular formula is C33H44N2O. The molecule has 1 unspecified atom stereocenters. The summed E-state index contributed by atoms with van der Waals surface area (Å²) >= 11 is 0. The summed E-state index contributed by atoms with van der Waals surface area (Å²) in [4.78, 5) is 13.4. The predicted octanol–water partition coefficient (Wildman–Crippen LogP) is 7.79. The number of hydrogen-bond acceptors (Lipinski definition) is 2. The zero-order valence-electron chi connectivity index (χ0n) is 22.2. The number of para-hydroxylation sites is 1. The molecule has 2 aromatic carbocycles. The molecule has 0 spiro atoms. The van der Waals surface area contributed by atoms with Crippen LogP contribution in [0.15, 0.2) is 54.7 Å². The van der Waals surface area contributed by atoms with E-state index < -0.39 is 0 Å². The molecular weight excluding hydrogens is 440 g/mol. The molecule has 1 aliphatic carbocycles. The molecule has 1 saturated heterocycles. The summed E-state index contributed by atoms with van der Waals surface area (Å²) < 4.78 is 2.50. The van der Waals surface area contributed by atoms with Crippen molar-refractivity contribution in [3.8, 4) is 0 Å². The average molecular weight is 485 g/mol. The summed E-state index contributed by atoms with van der Waals surface area (Å²) in [6.07, 6.45) is 15.3. The van der Waals surface area contributed by atoms with Crippen molar-refractivity contribution in [3.05, 3.63) is 71.4 Å². The highest BCUT2D eigenvalue weighted by Crippen LogP contribution is 2.37. The van der Waals surface area contributed by atoms with E-state index in [4.69, 9.17) is 0 Å². The average Bonchev–Trinajstić information content (AvgIpc) is 3.26. The number of aromatic nitrogens is 1. The maximum atomic E-state index is 13.4. The van der Waals surface area contributed by atoms with Gasteiger partial charge in [-0.2, -0.15) is 0 Å². The molecule has 5 rings (SSSR count). The second kappa shape index (κ2) is 12.2. The van der Waals surface area contributed by atoms with E-state index in [1.54, 1.807) is 0 Å². The Labute approximate surface area is 217 Å². The van der Waals surface area contributed by atoms with Crippen LogP contribution in [0.3, 0.4) is 0 Å². The highest BCUT2D eigenvalue weighted by molar-refractivity contribution is 5.87. The van der Waals surface area contributed by atoms with Crippen LogP contribution in [0.4, 0.5) is 0 Å². The molecule has 192 valence electrons. The topological polar surface area (TPSA) is 34.0 Å². The number of aryl methyl sites for hydroxylation is 1. The van der Waals surface area contributed by atoms with Crippen LogP contribution in [0.2, 0.25) is 0 Å². The van der Waals surface area contributed by atoms with Gasteiger partial charge < -0.3 is 9.88 Å². The van der Waals surface area contributed by atoms with Gasteiger partial charge in [-0.3, -0.25) is 4.79 Å². The molecule has 0 amide bonds. The molecule has 0 bridgehead atoms. The van der Waals surface area contributed by atoms with Gasteiger partial charge in [-0.05, 0) is 87.6 Å². The molecule has 1 N–H and O–H groups in total. The van der Waals surface area contributed by atoms with Gasteiger partial charge in [-0.1, -0.05) is 67.3 Å². The Hall–Kier alpha value is -2.39. The monoisotopic (exact) mass is 484 g/mol. The van der Waals surface area contributed by atoms with Gasteiger partial charge in [0.15, 0.2) is 0 Å². The molecule has 1 aromatic heterocycles. The number of piperidine rings is 1. The lowest BCUT2D eigenvalue weighted by molar-refractivity contribution is -0.119. The van der Waals surface area contributed by atoms with Crippen molar-refractivity contribution in [3.63, 3.8) is 0 Å². The molecule has 1 saturated carbocycles. The van der Waals surface area contributed by atoms with Crippen LogP contribution in [-0.4, -0.2) is 23.4 Å². The molecule has 1 atom stereocenters. The van der Waals surface area contributed by atoms with E-state index in [1.807, 2.05) is 0 Å². The van der Waals surface area contributed by atoms with Gasteiger partial charge in [-0.25, -0.2) is 0 Å². The van der Waals surface area contributed by atoms with Gasteiger partial charge in [0.05, 0.1) is 0 Å². The van der Waals surface area contributed by atoms with E-state index in [0.717, 1.165) is 37.9 Å². The smallest absolute Gasteiger partial charge is 0.133 e. The van der Waals surface area contributed by atoms with E-state index in [2.05, 4.69) is 71.5 Å². The molecule has 3 nitrogen and oxygen atoms in total. The summed E-state index contributed by atoms with van der Waals surface area (Å²) in [7, 11) is 0. The first-order valence-corrected chi connectivity index (χ1v) is 14.5. The number of rotatable bonds is 10. The molecule has 36 heavy (non-hydrogen) atoms. The van der Waals surface area contributed by atoms with Crippen LogP contribution in [0.5, 0.6) is 0 Å². The summed E-state index contributed by atoms with van der Waals surface area (Å²) in [5.74, 6) is 2.11. The SMILES string of the molecule is Cc1cccc(C(CC(=O)CCCC2CCNCC2)c2cn(CC3CCCCC3)c3ccccc23)c1. The first kappa shape index (κ1) is 25.3. The number of Topliss-reactive ketones (excluding diaryl/α,β-unsaturated/α-hetero) is 1. The lowest BCUT2D eigenvalue weighted by atomic mass is 9.85. The quantitative estimate of drug-likeness (QED) is 0.319. The zero-order chi connectivity index (χ0) is 24.7. The Morgan fingerprint density at radius 1 is 0.972 bits per heavy atom. The second-order valence-corrected chi connectivity index (χ2v) is 11.6. The van der Waals surface area contributed by atoms with Crippen LogP contribution < -0.4 is 5.32 Å². The minimum atomic E-state index is 0.119. The fourth-order valence-electron chi connectivity index (χ4n) is 6.73. The molecule has 2 fully saturated rings. The standard InChI is InChI=1S/C33H44N2O/c1-25-9-7-13-28(21-25)31(22-29(36)14-8-12-26-17-19-34-20-18-26)32-24-35(23-27-10-3-2-4-11-27)33-16-6-5-15-30(32)33/h5-7,9,13,15-16,21,24,26-27,31,34H,2-4,8,10-12,14,17-20,22-23H2,1H3. The van der Waals surface area contributed by atoms with Gasteiger partial charge >= 0.3 is 0 Å². The van der Waals surface area contributed by atoms with Gasteiger partial charge in [0.2, 0.25) is 0 Å². The fourth-order valence-corrected chi connectivity index (χ4v) is 6.73. The highest BCUT2D eigenvalue weighted by Gasteiger charge is 2.24. The Balaban J connectivity index is 1.38.